The minimum absolute atomic E-state index is 0.144. The molecule has 35 heavy (non-hydrogen) atoms. The van der Waals surface area contributed by atoms with Crippen molar-refractivity contribution in [2.24, 2.45) is 28.6 Å². The molecule has 4 rings (SSSR count). The number of carbonyl (C=O) groups is 4. The SMILES string of the molecule is C[C@H]1C[C@H]2[C@@H]3CCC4=CC(=O)C=C[C@]4(C)[C@@]3(F)[C@@H](O)C[C@]2(C)[C@@]1(OC(=O)CCC(=O)O)C(=O)CCl. The van der Waals surface area contributed by atoms with Gasteiger partial charge in [0.2, 0.25) is 0 Å². The first-order valence-electron chi connectivity index (χ1n) is 12.1. The Morgan fingerprint density at radius 2 is 1.91 bits per heavy atom. The number of aliphatic hydroxyl groups is 1. The number of carboxylic acid groups (broad SMARTS) is 1. The molecular formula is C26H32ClFO7. The highest BCUT2D eigenvalue weighted by Gasteiger charge is 2.77. The number of aliphatic carboxylic acids is 1. The van der Waals surface area contributed by atoms with Gasteiger partial charge in [0.25, 0.3) is 0 Å². The van der Waals surface area contributed by atoms with Gasteiger partial charge in [0.15, 0.2) is 22.8 Å². The van der Waals surface area contributed by atoms with E-state index in [9.17, 15) is 24.3 Å². The van der Waals surface area contributed by atoms with Crippen molar-refractivity contribution in [3.05, 3.63) is 23.8 Å². The number of aliphatic hydroxyl groups excluding tert-OH is 1. The normalized spacial score (nSPS) is 44.1. The number of halogens is 2. The average Bonchev–Trinajstić information content (AvgIpc) is 3.00. The third kappa shape index (κ3) is 3.39. The molecule has 0 spiro atoms. The van der Waals surface area contributed by atoms with Gasteiger partial charge in [-0.1, -0.05) is 25.5 Å². The summed E-state index contributed by atoms with van der Waals surface area (Å²) in [5.41, 5.74) is -5.41. The number of rotatable bonds is 6. The minimum atomic E-state index is -2.08. The lowest BCUT2D eigenvalue weighted by Crippen LogP contribution is -2.70. The van der Waals surface area contributed by atoms with Crippen molar-refractivity contribution in [2.75, 3.05) is 5.88 Å². The second-order valence-corrected chi connectivity index (χ2v) is 11.3. The van der Waals surface area contributed by atoms with E-state index in [0.29, 0.717) is 24.8 Å². The molecule has 3 fully saturated rings. The number of hydrogen-bond acceptors (Lipinski definition) is 6. The van der Waals surface area contributed by atoms with Gasteiger partial charge >= 0.3 is 11.9 Å². The molecule has 0 unspecified atom stereocenters. The summed E-state index contributed by atoms with van der Waals surface area (Å²) in [4.78, 5) is 49.1. The molecular weight excluding hydrogens is 479 g/mol. The Hall–Kier alpha value is -2.06. The Balaban J connectivity index is 1.78. The van der Waals surface area contributed by atoms with E-state index >= 15 is 4.39 Å². The Bertz CT molecular complexity index is 1040. The molecule has 4 aliphatic carbocycles. The molecule has 0 amide bonds. The van der Waals surface area contributed by atoms with E-state index < -0.39 is 82.4 Å². The zero-order valence-corrected chi connectivity index (χ0v) is 20.9. The van der Waals surface area contributed by atoms with Gasteiger partial charge in [0.05, 0.1) is 24.8 Å². The minimum Gasteiger partial charge on any atom is -0.481 e. The standard InChI is InChI=1S/C26H32ClFO7/c1-14-10-18-17-5-4-15-11-16(29)8-9-23(15,2)25(17,28)19(30)12-24(18,3)26(14,20(31)13-27)35-22(34)7-6-21(32)33/h8-9,11,14,17-19,30H,4-7,10,12-13H2,1-3H3,(H,32,33)/t14-,17-,18-,19-,23-,24-,25-,26-/m0/s1. The summed E-state index contributed by atoms with van der Waals surface area (Å²) < 4.78 is 23.1. The fourth-order valence-electron chi connectivity index (χ4n) is 7.94. The van der Waals surface area contributed by atoms with Gasteiger partial charge in [-0.3, -0.25) is 19.2 Å². The third-order valence-corrected chi connectivity index (χ3v) is 9.78. The van der Waals surface area contributed by atoms with Gasteiger partial charge in [-0.25, -0.2) is 4.39 Å². The molecule has 7 nitrogen and oxygen atoms in total. The molecule has 0 aromatic carbocycles. The van der Waals surface area contributed by atoms with E-state index in [2.05, 4.69) is 0 Å². The lowest BCUT2D eigenvalue weighted by atomic mass is 9.44. The molecule has 8 atom stereocenters. The Labute approximate surface area is 208 Å². The molecule has 0 aromatic heterocycles. The monoisotopic (exact) mass is 510 g/mol. The summed E-state index contributed by atoms with van der Waals surface area (Å²) in [6.07, 6.45) is 3.10. The molecule has 3 saturated carbocycles. The molecule has 0 bridgehead atoms. The molecule has 0 aromatic rings. The van der Waals surface area contributed by atoms with Gasteiger partial charge in [-0.05, 0) is 50.7 Å². The lowest BCUT2D eigenvalue weighted by molar-refractivity contribution is -0.227. The zero-order valence-electron chi connectivity index (χ0n) is 20.2. The Morgan fingerprint density at radius 3 is 2.54 bits per heavy atom. The first-order valence-corrected chi connectivity index (χ1v) is 12.7. The summed E-state index contributed by atoms with van der Waals surface area (Å²) >= 11 is 6.00. The number of hydrogen-bond donors (Lipinski definition) is 2. The molecule has 0 radical (unpaired) electrons. The van der Waals surface area contributed by atoms with Crippen LogP contribution in [0.4, 0.5) is 4.39 Å². The molecule has 4 aliphatic rings. The molecule has 0 saturated heterocycles. The van der Waals surface area contributed by atoms with Crippen molar-refractivity contribution < 1.29 is 38.5 Å². The third-order valence-electron chi connectivity index (χ3n) is 9.53. The van der Waals surface area contributed by atoms with Gasteiger partial charge in [-0.15, -0.1) is 11.6 Å². The van der Waals surface area contributed by atoms with Crippen LogP contribution in [0.5, 0.6) is 0 Å². The van der Waals surface area contributed by atoms with Crippen LogP contribution in [0.25, 0.3) is 0 Å². The molecule has 192 valence electrons. The lowest BCUT2D eigenvalue weighted by Gasteiger charge is -2.62. The number of Topliss-reactive ketones (excluding diaryl/α,β-unsaturated/α-hetero) is 1. The second kappa shape index (κ2) is 8.51. The highest BCUT2D eigenvalue weighted by molar-refractivity contribution is 6.29. The second-order valence-electron chi connectivity index (χ2n) is 11.1. The molecule has 9 heteroatoms. The first kappa shape index (κ1) is 26.0. The van der Waals surface area contributed by atoms with Crippen LogP contribution in [-0.4, -0.2) is 57.0 Å². The van der Waals surface area contributed by atoms with E-state index in [1.165, 1.54) is 12.2 Å². The van der Waals surface area contributed by atoms with E-state index in [1.807, 2.05) is 0 Å². The number of fused-ring (bicyclic) bond motifs is 5. The Kier molecular flexibility index (Phi) is 6.33. The summed E-state index contributed by atoms with van der Waals surface area (Å²) in [7, 11) is 0. The van der Waals surface area contributed by atoms with E-state index in [0.717, 1.165) is 0 Å². The number of alkyl halides is 2. The van der Waals surface area contributed by atoms with E-state index in [1.54, 1.807) is 26.8 Å². The number of esters is 1. The van der Waals surface area contributed by atoms with Gasteiger partial charge < -0.3 is 14.9 Å². The predicted molar refractivity (Wildman–Crippen MR) is 124 cm³/mol. The number of carboxylic acids is 1. The number of ketones is 2. The van der Waals surface area contributed by atoms with Crippen LogP contribution in [0, 0.1) is 28.6 Å². The largest absolute Gasteiger partial charge is 0.481 e. The van der Waals surface area contributed by atoms with Crippen LogP contribution in [0.1, 0.15) is 59.3 Å². The zero-order chi connectivity index (χ0) is 26.0. The van der Waals surface area contributed by atoms with Crippen molar-refractivity contribution in [3.63, 3.8) is 0 Å². The van der Waals surface area contributed by atoms with Crippen LogP contribution >= 0.6 is 11.6 Å². The summed E-state index contributed by atoms with van der Waals surface area (Å²) in [5, 5.41) is 20.4. The van der Waals surface area contributed by atoms with Crippen molar-refractivity contribution in [1.29, 1.82) is 0 Å². The van der Waals surface area contributed by atoms with Crippen LogP contribution < -0.4 is 0 Å². The smallest absolute Gasteiger partial charge is 0.307 e. The van der Waals surface area contributed by atoms with E-state index in [-0.39, 0.29) is 12.2 Å². The van der Waals surface area contributed by atoms with Crippen LogP contribution in [-0.2, 0) is 23.9 Å². The predicted octanol–water partition coefficient (Wildman–Crippen LogP) is 3.56. The summed E-state index contributed by atoms with van der Waals surface area (Å²) in [6.45, 7) is 5.23. The maximum absolute atomic E-state index is 17.3. The van der Waals surface area contributed by atoms with Crippen LogP contribution in [0.15, 0.2) is 23.8 Å². The van der Waals surface area contributed by atoms with Crippen LogP contribution in [0.3, 0.4) is 0 Å². The highest BCUT2D eigenvalue weighted by atomic mass is 35.5. The van der Waals surface area contributed by atoms with Gasteiger partial charge in [0.1, 0.15) is 0 Å². The quantitative estimate of drug-likeness (QED) is 0.414. The molecule has 0 heterocycles. The maximum Gasteiger partial charge on any atom is 0.307 e. The first-order chi connectivity index (χ1) is 16.3. The topological polar surface area (TPSA) is 118 Å². The summed E-state index contributed by atoms with van der Waals surface area (Å²) in [5.74, 6) is -4.74. The van der Waals surface area contributed by atoms with Gasteiger partial charge in [-0.2, -0.15) is 0 Å². The fourth-order valence-corrected chi connectivity index (χ4v) is 8.14. The fraction of sp³-hybridized carbons (Fsp3) is 0.692. The number of ether oxygens (including phenoxy) is 1. The Morgan fingerprint density at radius 1 is 1.23 bits per heavy atom. The van der Waals surface area contributed by atoms with Crippen molar-refractivity contribution in [3.8, 4) is 0 Å². The van der Waals surface area contributed by atoms with Crippen LogP contribution in [0.2, 0.25) is 0 Å². The van der Waals surface area contributed by atoms with Crippen molar-refractivity contribution in [1.82, 2.24) is 0 Å². The maximum atomic E-state index is 17.3. The summed E-state index contributed by atoms with van der Waals surface area (Å²) in [6, 6.07) is 0. The van der Waals surface area contributed by atoms with Crippen molar-refractivity contribution >= 4 is 35.1 Å². The number of allylic oxidation sites excluding steroid dienone is 4. The number of carbonyl (C=O) groups excluding carboxylic acids is 3. The molecule has 2 N–H and O–H groups in total. The van der Waals surface area contributed by atoms with Gasteiger partial charge in [0, 0.05) is 22.7 Å². The van der Waals surface area contributed by atoms with E-state index in [4.69, 9.17) is 21.4 Å². The van der Waals surface area contributed by atoms with Crippen molar-refractivity contribution in [2.45, 2.75) is 76.7 Å². The molecule has 0 aliphatic heterocycles. The average molecular weight is 511 g/mol. The highest BCUT2D eigenvalue weighted by Crippen LogP contribution is 2.71.